The molecule has 7 nitrogen and oxygen atoms in total. The number of aliphatic hydroxyl groups excluding tert-OH is 1. The van der Waals surface area contributed by atoms with Crippen molar-refractivity contribution in [3.63, 3.8) is 0 Å². The molecular weight excluding hydrogens is 420 g/mol. The molecule has 1 heterocycles. The molecule has 1 amide bonds. The van der Waals surface area contributed by atoms with Crippen LogP contribution >= 0.6 is 0 Å². The molecule has 0 aliphatic carbocycles. The van der Waals surface area contributed by atoms with Gasteiger partial charge in [-0.25, -0.2) is 0 Å². The summed E-state index contributed by atoms with van der Waals surface area (Å²) in [5.74, 6) is -0.106. The lowest BCUT2D eigenvalue weighted by atomic mass is 9.95. The standard InChI is InChI=1S/C26H32N2O5/c1-5-17-33-21-13-9-19(10-14-21)24(29)22-23(18-7-11-20(32-4)12-8-18)28(26(31)25(22)30)16-6-15-27(2)3/h7-14,23,29H,5-6,15-17H2,1-4H3/b24-22+/t23-/m0/s1. The summed E-state index contributed by atoms with van der Waals surface area (Å²) in [4.78, 5) is 29.6. The molecular formula is C26H32N2O5. The fraction of sp³-hybridized carbons (Fsp3) is 0.385. The van der Waals surface area contributed by atoms with Gasteiger partial charge in [0, 0.05) is 12.1 Å². The molecule has 1 atom stereocenters. The van der Waals surface area contributed by atoms with Crippen LogP contribution in [0.25, 0.3) is 5.76 Å². The van der Waals surface area contributed by atoms with Gasteiger partial charge < -0.3 is 24.4 Å². The smallest absolute Gasteiger partial charge is 0.295 e. The van der Waals surface area contributed by atoms with E-state index in [1.54, 1.807) is 48.4 Å². The first-order chi connectivity index (χ1) is 15.9. The Morgan fingerprint density at radius 2 is 1.67 bits per heavy atom. The summed E-state index contributed by atoms with van der Waals surface area (Å²) < 4.78 is 10.9. The van der Waals surface area contributed by atoms with Crippen molar-refractivity contribution in [1.29, 1.82) is 0 Å². The Hall–Kier alpha value is -3.32. The number of methoxy groups -OCH3 is 1. The fourth-order valence-electron chi connectivity index (χ4n) is 3.89. The minimum Gasteiger partial charge on any atom is -0.507 e. The first kappa shape index (κ1) is 24.3. The van der Waals surface area contributed by atoms with E-state index in [1.807, 2.05) is 38.1 Å². The predicted molar refractivity (Wildman–Crippen MR) is 127 cm³/mol. The molecule has 3 rings (SSSR count). The topological polar surface area (TPSA) is 79.3 Å². The number of aliphatic hydroxyl groups is 1. The summed E-state index contributed by atoms with van der Waals surface area (Å²) in [5, 5.41) is 11.1. The van der Waals surface area contributed by atoms with Crippen molar-refractivity contribution in [2.75, 3.05) is 40.9 Å². The number of hydrogen-bond acceptors (Lipinski definition) is 6. The zero-order chi connectivity index (χ0) is 24.0. The highest BCUT2D eigenvalue weighted by Gasteiger charge is 2.45. The Labute approximate surface area is 195 Å². The van der Waals surface area contributed by atoms with Crippen molar-refractivity contribution < 1.29 is 24.2 Å². The number of carbonyl (C=O) groups is 2. The summed E-state index contributed by atoms with van der Waals surface area (Å²) in [6.07, 6.45) is 1.59. The zero-order valence-corrected chi connectivity index (χ0v) is 19.7. The lowest BCUT2D eigenvalue weighted by molar-refractivity contribution is -0.139. The molecule has 176 valence electrons. The fourth-order valence-corrected chi connectivity index (χ4v) is 3.89. The minimum absolute atomic E-state index is 0.0947. The summed E-state index contributed by atoms with van der Waals surface area (Å²) in [6, 6.07) is 13.4. The molecule has 7 heteroatoms. The molecule has 0 unspecified atom stereocenters. The van der Waals surface area contributed by atoms with E-state index in [9.17, 15) is 14.7 Å². The number of Topliss-reactive ketones (excluding diaryl/α,β-unsaturated/α-hetero) is 1. The third-order valence-corrected chi connectivity index (χ3v) is 5.58. The second-order valence-corrected chi connectivity index (χ2v) is 8.30. The van der Waals surface area contributed by atoms with Crippen LogP contribution in [-0.2, 0) is 9.59 Å². The molecule has 2 aromatic carbocycles. The van der Waals surface area contributed by atoms with Crippen LogP contribution in [0.15, 0.2) is 54.1 Å². The second-order valence-electron chi connectivity index (χ2n) is 8.30. The van der Waals surface area contributed by atoms with Gasteiger partial charge in [0.2, 0.25) is 0 Å². The minimum atomic E-state index is -0.676. The van der Waals surface area contributed by atoms with Crippen LogP contribution in [0.4, 0.5) is 0 Å². The van der Waals surface area contributed by atoms with Gasteiger partial charge in [-0.15, -0.1) is 0 Å². The number of hydrogen-bond donors (Lipinski definition) is 1. The largest absolute Gasteiger partial charge is 0.507 e. The molecule has 1 saturated heterocycles. The maximum atomic E-state index is 13.1. The van der Waals surface area contributed by atoms with Gasteiger partial charge in [0.1, 0.15) is 17.3 Å². The Morgan fingerprint density at radius 3 is 2.24 bits per heavy atom. The first-order valence-corrected chi connectivity index (χ1v) is 11.2. The summed E-state index contributed by atoms with van der Waals surface area (Å²) in [7, 11) is 5.50. The molecule has 0 radical (unpaired) electrons. The maximum Gasteiger partial charge on any atom is 0.295 e. The first-order valence-electron chi connectivity index (χ1n) is 11.2. The highest BCUT2D eigenvalue weighted by molar-refractivity contribution is 6.46. The number of amides is 1. The molecule has 0 bridgehead atoms. The van der Waals surface area contributed by atoms with E-state index in [-0.39, 0.29) is 11.3 Å². The molecule has 0 aromatic heterocycles. The number of benzene rings is 2. The van der Waals surface area contributed by atoms with Crippen LogP contribution in [0.1, 0.15) is 36.9 Å². The zero-order valence-electron chi connectivity index (χ0n) is 19.7. The van der Waals surface area contributed by atoms with E-state index in [1.165, 1.54) is 0 Å². The van der Waals surface area contributed by atoms with Crippen LogP contribution in [0.3, 0.4) is 0 Å². The van der Waals surface area contributed by atoms with Crippen molar-refractivity contribution in [3.05, 3.63) is 65.2 Å². The van der Waals surface area contributed by atoms with Crippen LogP contribution in [-0.4, -0.2) is 67.5 Å². The second kappa shape index (κ2) is 11.0. The molecule has 1 fully saturated rings. The molecule has 33 heavy (non-hydrogen) atoms. The monoisotopic (exact) mass is 452 g/mol. The normalized spacial score (nSPS) is 17.6. The van der Waals surface area contributed by atoms with Gasteiger partial charge in [-0.1, -0.05) is 19.1 Å². The summed E-state index contributed by atoms with van der Waals surface area (Å²) in [6.45, 7) is 3.80. The molecule has 0 saturated carbocycles. The number of carbonyl (C=O) groups excluding carboxylic acids is 2. The van der Waals surface area contributed by atoms with Crippen molar-refractivity contribution in [3.8, 4) is 11.5 Å². The lowest BCUT2D eigenvalue weighted by Gasteiger charge is -2.26. The average molecular weight is 453 g/mol. The van der Waals surface area contributed by atoms with Crippen LogP contribution in [0.2, 0.25) is 0 Å². The lowest BCUT2D eigenvalue weighted by Crippen LogP contribution is -2.32. The van der Waals surface area contributed by atoms with Crippen LogP contribution in [0, 0.1) is 0 Å². The molecule has 1 aliphatic heterocycles. The number of nitrogens with zero attached hydrogens (tertiary/aromatic N) is 2. The van der Waals surface area contributed by atoms with Gasteiger partial charge in [0.25, 0.3) is 11.7 Å². The summed E-state index contributed by atoms with van der Waals surface area (Å²) in [5.41, 5.74) is 1.30. The van der Waals surface area contributed by atoms with E-state index in [4.69, 9.17) is 9.47 Å². The molecule has 0 spiro atoms. The van der Waals surface area contributed by atoms with Gasteiger partial charge in [-0.3, -0.25) is 9.59 Å². The van der Waals surface area contributed by atoms with E-state index in [0.29, 0.717) is 36.6 Å². The number of likely N-dealkylation sites (tertiary alicyclic amines) is 1. The maximum absolute atomic E-state index is 13.1. The van der Waals surface area contributed by atoms with Gasteiger partial charge in [0.05, 0.1) is 25.3 Å². The van der Waals surface area contributed by atoms with Crippen molar-refractivity contribution in [1.82, 2.24) is 9.80 Å². The Balaban J connectivity index is 2.01. The number of ether oxygens (including phenoxy) is 2. The Morgan fingerprint density at radius 1 is 1.03 bits per heavy atom. The van der Waals surface area contributed by atoms with E-state index in [0.717, 1.165) is 18.5 Å². The quantitative estimate of drug-likeness (QED) is 0.335. The summed E-state index contributed by atoms with van der Waals surface area (Å²) >= 11 is 0. The van der Waals surface area contributed by atoms with E-state index >= 15 is 0 Å². The van der Waals surface area contributed by atoms with E-state index < -0.39 is 17.7 Å². The van der Waals surface area contributed by atoms with Gasteiger partial charge in [-0.2, -0.15) is 0 Å². The average Bonchev–Trinajstić information content (AvgIpc) is 3.07. The van der Waals surface area contributed by atoms with Crippen molar-refractivity contribution in [2.24, 2.45) is 0 Å². The Kier molecular flexibility index (Phi) is 8.11. The van der Waals surface area contributed by atoms with Crippen LogP contribution in [0.5, 0.6) is 11.5 Å². The highest BCUT2D eigenvalue weighted by Crippen LogP contribution is 2.40. The Bertz CT molecular complexity index is 996. The van der Waals surface area contributed by atoms with Crippen molar-refractivity contribution >= 4 is 17.4 Å². The molecule has 1 N–H and O–H groups in total. The number of rotatable bonds is 10. The van der Waals surface area contributed by atoms with Gasteiger partial charge in [-0.05, 0) is 75.4 Å². The SMILES string of the molecule is CCCOc1ccc(/C(O)=C2\C(=O)C(=O)N(CCCN(C)C)[C@H]2c2ccc(OC)cc2)cc1. The third-order valence-electron chi connectivity index (χ3n) is 5.58. The third kappa shape index (κ3) is 5.54. The van der Waals surface area contributed by atoms with Crippen LogP contribution < -0.4 is 9.47 Å². The molecule has 2 aromatic rings. The van der Waals surface area contributed by atoms with E-state index in [2.05, 4.69) is 0 Å². The van der Waals surface area contributed by atoms with Crippen molar-refractivity contribution in [2.45, 2.75) is 25.8 Å². The van der Waals surface area contributed by atoms with Gasteiger partial charge in [0.15, 0.2) is 0 Å². The predicted octanol–water partition coefficient (Wildman–Crippen LogP) is 3.86. The highest BCUT2D eigenvalue weighted by atomic mass is 16.5. The molecule has 1 aliphatic rings. The number of ketones is 1. The van der Waals surface area contributed by atoms with Gasteiger partial charge >= 0.3 is 0 Å².